The minimum absolute atomic E-state index is 0.615. The molecule has 3 heterocycles. The maximum absolute atomic E-state index is 12.3. The van der Waals surface area contributed by atoms with Crippen LogP contribution in [0.4, 0.5) is 34.1 Å². The molecule has 0 aliphatic carbocycles. The zero-order valence-electron chi connectivity index (χ0n) is 39.4. The predicted octanol–water partition coefficient (Wildman–Crippen LogP) is 19.2. The quantitative estimate of drug-likeness (QED) is 0.159. The van der Waals surface area contributed by atoms with E-state index in [1.165, 1.54) is 0 Å². The maximum atomic E-state index is 12.3. The van der Waals surface area contributed by atoms with Crippen LogP contribution in [0.3, 0.4) is 0 Å². The summed E-state index contributed by atoms with van der Waals surface area (Å²) in [5.74, 6) is 0. The number of hydrogen-bond acceptors (Lipinski definition) is 5. The van der Waals surface area contributed by atoms with Crippen LogP contribution in [0.15, 0.2) is 274 Å². The van der Waals surface area contributed by atoms with E-state index in [0.717, 1.165) is 126 Å². The first kappa shape index (κ1) is 42.9. The Bertz CT molecular complexity index is 3910. The van der Waals surface area contributed by atoms with Gasteiger partial charge in [-0.1, -0.05) is 206 Å². The molecule has 2 aliphatic heterocycles. The normalized spacial score (nSPS) is 12.5. The fourth-order valence-electron chi connectivity index (χ4n) is 11.2. The molecule has 14 rings (SSSR count). The molecule has 1 aromatic heterocycles. The van der Waals surface area contributed by atoms with Crippen LogP contribution >= 0.6 is 23.5 Å². The molecule has 0 saturated carbocycles. The van der Waals surface area contributed by atoms with Gasteiger partial charge in [-0.05, 0) is 83.9 Å². The number of nitrogens with zero attached hydrogens (tertiary/aromatic N) is 4. The van der Waals surface area contributed by atoms with Gasteiger partial charge in [0.15, 0.2) is 0 Å². The topological polar surface area (TPSA) is 35.2 Å². The molecule has 0 atom stereocenters. The summed E-state index contributed by atoms with van der Waals surface area (Å²) in [7, 11) is 0. The molecular formula is C67H42N4S2. The zero-order valence-corrected chi connectivity index (χ0v) is 41.0. The standard InChI is InChI=1S/C67H42N4S2/c68-43-52-61(44-23-5-1-6-24-44)63(50-33-21-39-57-66(50)72-59-41-19-17-37-55(59)69(57)46-27-9-3-10-28-46)65(71-53-35-15-13-31-48(53)49-32-14-16-36-54(49)71)64(62(52)45-25-7-2-8-26-45)51-34-22-40-58-67(51)73-60-42-20-18-38-56(60)70(58)47-29-11-4-12-30-47/h1-42H. The van der Waals surface area contributed by atoms with Gasteiger partial charge in [0.2, 0.25) is 0 Å². The minimum atomic E-state index is 0.615. The number of anilines is 6. The molecule has 0 N–H and O–H groups in total. The van der Waals surface area contributed by atoms with Gasteiger partial charge in [-0.2, -0.15) is 5.26 Å². The molecule has 0 unspecified atom stereocenters. The summed E-state index contributed by atoms with van der Waals surface area (Å²) in [6.45, 7) is 0. The SMILES string of the molecule is N#Cc1c(-c2ccccc2)c(-c2cccc3c2Sc2ccccc2N3c2ccccc2)c(-n2c3ccccc3c3ccccc32)c(-c2cccc3c2Sc2ccccc2N3c2ccccc2)c1-c1ccccc1. The summed E-state index contributed by atoms with van der Waals surface area (Å²) in [4.78, 5) is 9.33. The monoisotopic (exact) mass is 966 g/mol. The Kier molecular flexibility index (Phi) is 10.4. The molecule has 0 bridgehead atoms. The van der Waals surface area contributed by atoms with Crippen molar-refractivity contribution in [2.75, 3.05) is 9.80 Å². The van der Waals surface area contributed by atoms with Crippen LogP contribution in [0.25, 0.3) is 72.0 Å². The Balaban J connectivity index is 1.22. The maximum Gasteiger partial charge on any atom is 0.100 e. The Hall–Kier alpha value is -8.99. The third-order valence-electron chi connectivity index (χ3n) is 14.2. The largest absolute Gasteiger partial charge is 0.308 e. The molecular weight excluding hydrogens is 925 g/mol. The highest BCUT2D eigenvalue weighted by molar-refractivity contribution is 8.00. The van der Waals surface area contributed by atoms with Gasteiger partial charge in [-0.15, -0.1) is 0 Å². The van der Waals surface area contributed by atoms with E-state index in [1.807, 2.05) is 0 Å². The number of nitriles is 1. The van der Waals surface area contributed by atoms with E-state index < -0.39 is 0 Å². The number of benzene rings is 11. The first-order valence-electron chi connectivity index (χ1n) is 24.5. The van der Waals surface area contributed by atoms with Crippen LogP contribution in [0.1, 0.15) is 5.56 Å². The molecule has 0 saturated heterocycles. The van der Waals surface area contributed by atoms with Gasteiger partial charge in [0.05, 0.1) is 45.0 Å². The lowest BCUT2D eigenvalue weighted by Crippen LogP contribution is -2.16. The van der Waals surface area contributed by atoms with Crippen LogP contribution in [0, 0.1) is 11.3 Å². The first-order valence-corrected chi connectivity index (χ1v) is 26.1. The van der Waals surface area contributed by atoms with Crippen molar-refractivity contribution in [3.05, 3.63) is 260 Å². The smallest absolute Gasteiger partial charge is 0.100 e. The van der Waals surface area contributed by atoms with Crippen molar-refractivity contribution in [1.29, 1.82) is 5.26 Å². The van der Waals surface area contributed by atoms with E-state index >= 15 is 0 Å². The number of rotatable bonds is 7. The fraction of sp³-hybridized carbons (Fsp3) is 0. The lowest BCUT2D eigenvalue weighted by molar-refractivity contribution is 1.15. The molecule has 0 radical (unpaired) electrons. The molecule has 0 spiro atoms. The van der Waals surface area contributed by atoms with Gasteiger partial charge in [0, 0.05) is 75.1 Å². The molecule has 0 amide bonds. The molecule has 0 fully saturated rings. The molecule has 6 heteroatoms. The van der Waals surface area contributed by atoms with E-state index in [9.17, 15) is 5.26 Å². The lowest BCUT2D eigenvalue weighted by Gasteiger charge is -2.36. The number of hydrogen-bond donors (Lipinski definition) is 0. The fourth-order valence-corrected chi connectivity index (χ4v) is 13.6. The van der Waals surface area contributed by atoms with Crippen LogP contribution in [-0.4, -0.2) is 4.57 Å². The van der Waals surface area contributed by atoms with Crippen LogP contribution in [0.2, 0.25) is 0 Å². The van der Waals surface area contributed by atoms with E-state index in [-0.39, 0.29) is 0 Å². The second-order valence-electron chi connectivity index (χ2n) is 18.2. The van der Waals surface area contributed by atoms with Crippen molar-refractivity contribution in [2.45, 2.75) is 19.6 Å². The van der Waals surface area contributed by atoms with Crippen LogP contribution < -0.4 is 9.80 Å². The second-order valence-corrected chi connectivity index (χ2v) is 20.3. The highest BCUT2D eigenvalue weighted by Crippen LogP contribution is 2.61. The van der Waals surface area contributed by atoms with Gasteiger partial charge in [0.25, 0.3) is 0 Å². The average molecular weight is 967 g/mol. The van der Waals surface area contributed by atoms with Crippen LogP contribution in [-0.2, 0) is 0 Å². The average Bonchev–Trinajstić information content (AvgIpc) is 3.80. The third-order valence-corrected chi connectivity index (χ3v) is 16.6. The molecule has 73 heavy (non-hydrogen) atoms. The van der Waals surface area contributed by atoms with E-state index in [2.05, 4.69) is 275 Å². The van der Waals surface area contributed by atoms with Gasteiger partial charge in [-0.25, -0.2) is 0 Å². The summed E-state index contributed by atoms with van der Waals surface area (Å²) in [5.41, 5.74) is 18.1. The Morgan fingerprint density at radius 3 is 1.14 bits per heavy atom. The summed E-state index contributed by atoms with van der Waals surface area (Å²) in [6, 6.07) is 94.0. The van der Waals surface area contributed by atoms with Crippen molar-refractivity contribution < 1.29 is 0 Å². The van der Waals surface area contributed by atoms with Gasteiger partial charge in [-0.3, -0.25) is 0 Å². The molecule has 4 nitrogen and oxygen atoms in total. The van der Waals surface area contributed by atoms with E-state index in [0.29, 0.717) is 5.56 Å². The number of aromatic nitrogens is 1. The van der Waals surface area contributed by atoms with Gasteiger partial charge >= 0.3 is 0 Å². The van der Waals surface area contributed by atoms with Crippen molar-refractivity contribution in [3.63, 3.8) is 0 Å². The van der Waals surface area contributed by atoms with Crippen LogP contribution in [0.5, 0.6) is 0 Å². The highest BCUT2D eigenvalue weighted by Gasteiger charge is 2.36. The third kappa shape index (κ3) is 6.85. The second kappa shape index (κ2) is 17.7. The first-order chi connectivity index (χ1) is 36.2. The van der Waals surface area contributed by atoms with Gasteiger partial charge < -0.3 is 14.4 Å². The van der Waals surface area contributed by atoms with E-state index in [1.54, 1.807) is 23.5 Å². The van der Waals surface area contributed by atoms with Crippen molar-refractivity contribution in [3.8, 4) is 56.3 Å². The van der Waals surface area contributed by atoms with Crippen molar-refractivity contribution in [1.82, 2.24) is 4.57 Å². The molecule has 11 aromatic carbocycles. The zero-order chi connectivity index (χ0) is 48.4. The van der Waals surface area contributed by atoms with Gasteiger partial charge in [0.1, 0.15) is 6.07 Å². The number of para-hydroxylation sites is 6. The Labute approximate surface area is 432 Å². The highest BCUT2D eigenvalue weighted by atomic mass is 32.2. The van der Waals surface area contributed by atoms with Crippen molar-refractivity contribution in [2.24, 2.45) is 0 Å². The summed E-state index contributed by atoms with van der Waals surface area (Å²) < 4.78 is 2.51. The Morgan fingerprint density at radius 1 is 0.329 bits per heavy atom. The predicted molar refractivity (Wildman–Crippen MR) is 305 cm³/mol. The lowest BCUT2D eigenvalue weighted by atomic mass is 9.79. The number of fused-ring (bicyclic) bond motifs is 7. The Morgan fingerprint density at radius 2 is 0.699 bits per heavy atom. The molecule has 342 valence electrons. The summed E-state index contributed by atoms with van der Waals surface area (Å²) >= 11 is 3.61. The molecule has 2 aliphatic rings. The molecule has 12 aromatic rings. The van der Waals surface area contributed by atoms with Crippen molar-refractivity contribution >= 4 is 79.5 Å². The van der Waals surface area contributed by atoms with E-state index in [4.69, 9.17) is 0 Å². The minimum Gasteiger partial charge on any atom is -0.308 e. The summed E-state index contributed by atoms with van der Waals surface area (Å²) in [5, 5.41) is 14.6. The summed E-state index contributed by atoms with van der Waals surface area (Å²) in [6.07, 6.45) is 0.